The highest BCUT2D eigenvalue weighted by Gasteiger charge is 2.15. The molecule has 0 bridgehead atoms. The third-order valence-corrected chi connectivity index (χ3v) is 3.10. The second-order valence-electron chi connectivity index (χ2n) is 3.75. The maximum Gasteiger partial charge on any atom is 0.102 e. The van der Waals surface area contributed by atoms with Gasteiger partial charge in [0.1, 0.15) is 9.52 Å². The predicted octanol–water partition coefficient (Wildman–Crippen LogP) is -1.47. The van der Waals surface area contributed by atoms with E-state index in [9.17, 15) is 10.2 Å². The van der Waals surface area contributed by atoms with E-state index in [1.54, 1.807) is 0 Å². The maximum absolute atomic E-state index is 9.46. The van der Waals surface area contributed by atoms with Gasteiger partial charge in [0.2, 0.25) is 0 Å². The van der Waals surface area contributed by atoms with Gasteiger partial charge in [-0.15, -0.1) is 0 Å². The van der Waals surface area contributed by atoms with Gasteiger partial charge in [0, 0.05) is 23.5 Å². The van der Waals surface area contributed by atoms with E-state index in [4.69, 9.17) is 11.5 Å². The quantitative estimate of drug-likeness (QED) is 0.399. The fraction of sp³-hybridized carbons (Fsp3) is 1.00. The second-order valence-corrected chi connectivity index (χ2v) is 5.68. The molecule has 0 aliphatic heterocycles. The van der Waals surface area contributed by atoms with Crippen molar-refractivity contribution in [2.24, 2.45) is 11.5 Å². The van der Waals surface area contributed by atoms with Crippen molar-refractivity contribution < 1.29 is 10.2 Å². The standard InChI is InChI=1S/C8H21N2O2Si/c1-5(9)3-7(11)13-8(12)4-6(2)10/h5-8,11-13H,3-4,9-10H2,1-2H3. The van der Waals surface area contributed by atoms with E-state index < -0.39 is 11.5 Å². The summed E-state index contributed by atoms with van der Waals surface area (Å²) in [6, 6.07) is -0.0185. The van der Waals surface area contributed by atoms with Crippen LogP contribution in [0.4, 0.5) is 0 Å². The minimum Gasteiger partial charge on any atom is -0.397 e. The summed E-state index contributed by atoms with van der Waals surface area (Å²) in [5, 5.41) is 18.9. The van der Waals surface area contributed by atoms with Crippen molar-refractivity contribution in [1.29, 1.82) is 0 Å². The summed E-state index contributed by atoms with van der Waals surface area (Å²) in [6.45, 7) is 3.70. The van der Waals surface area contributed by atoms with Gasteiger partial charge in [0.05, 0.1) is 0 Å². The summed E-state index contributed by atoms with van der Waals surface area (Å²) < 4.78 is 0. The lowest BCUT2D eigenvalue weighted by Crippen LogP contribution is -2.36. The highest BCUT2D eigenvalue weighted by Crippen LogP contribution is 2.00. The van der Waals surface area contributed by atoms with Crippen LogP contribution in [0.1, 0.15) is 26.7 Å². The largest absolute Gasteiger partial charge is 0.397 e. The Labute approximate surface area is 82.1 Å². The molecule has 79 valence electrons. The van der Waals surface area contributed by atoms with Crippen LogP contribution in [0.15, 0.2) is 0 Å². The van der Waals surface area contributed by atoms with Gasteiger partial charge in [-0.2, -0.15) is 0 Å². The molecule has 1 radical (unpaired) electrons. The number of hydrogen-bond donors (Lipinski definition) is 4. The Bertz CT molecular complexity index is 119. The smallest absolute Gasteiger partial charge is 0.102 e. The molecule has 0 rings (SSSR count). The van der Waals surface area contributed by atoms with Crippen LogP contribution in [0.5, 0.6) is 0 Å². The lowest BCUT2D eigenvalue weighted by Gasteiger charge is -2.17. The molecule has 0 saturated heterocycles. The SMILES string of the molecule is CC(N)CC(O)[SiH]C(O)CC(C)N. The predicted molar refractivity (Wildman–Crippen MR) is 55.7 cm³/mol. The van der Waals surface area contributed by atoms with Crippen LogP contribution in [-0.4, -0.2) is 43.3 Å². The minimum atomic E-state index is -0.436. The van der Waals surface area contributed by atoms with Gasteiger partial charge in [-0.25, -0.2) is 0 Å². The Kier molecular flexibility index (Phi) is 6.53. The zero-order valence-corrected chi connectivity index (χ0v) is 9.50. The summed E-state index contributed by atoms with van der Waals surface area (Å²) >= 11 is 0. The molecule has 4 unspecified atom stereocenters. The first-order valence-corrected chi connectivity index (χ1v) is 5.97. The van der Waals surface area contributed by atoms with Crippen molar-refractivity contribution in [2.75, 3.05) is 0 Å². The molecule has 0 spiro atoms. The zero-order valence-electron chi connectivity index (χ0n) is 8.35. The maximum atomic E-state index is 9.46. The first-order chi connectivity index (χ1) is 5.91. The summed E-state index contributed by atoms with van der Waals surface area (Å²) in [6.07, 6.45) is 1.12. The van der Waals surface area contributed by atoms with E-state index in [1.807, 2.05) is 13.8 Å². The molecule has 4 nitrogen and oxygen atoms in total. The van der Waals surface area contributed by atoms with Gasteiger partial charge in [-0.1, -0.05) is 0 Å². The molecule has 0 aromatic carbocycles. The lowest BCUT2D eigenvalue weighted by molar-refractivity contribution is 0.195. The molecule has 0 fully saturated rings. The van der Waals surface area contributed by atoms with Crippen molar-refractivity contribution in [3.05, 3.63) is 0 Å². The van der Waals surface area contributed by atoms with Crippen molar-refractivity contribution in [3.8, 4) is 0 Å². The summed E-state index contributed by atoms with van der Waals surface area (Å²) in [4.78, 5) is 0. The van der Waals surface area contributed by atoms with Crippen molar-refractivity contribution >= 4 is 9.52 Å². The van der Waals surface area contributed by atoms with Gasteiger partial charge in [-0.05, 0) is 26.7 Å². The molecule has 5 heteroatoms. The first kappa shape index (κ1) is 13.1. The fourth-order valence-electron chi connectivity index (χ4n) is 1.18. The van der Waals surface area contributed by atoms with E-state index in [0.29, 0.717) is 12.8 Å². The Balaban J connectivity index is 3.58. The summed E-state index contributed by atoms with van der Waals surface area (Å²) in [7, 11) is -0.379. The Hall–Kier alpha value is 0.0569. The summed E-state index contributed by atoms with van der Waals surface area (Å²) in [5.74, 6) is 0. The third kappa shape index (κ3) is 8.39. The van der Waals surface area contributed by atoms with Gasteiger partial charge >= 0.3 is 0 Å². The molecule has 6 N–H and O–H groups in total. The van der Waals surface area contributed by atoms with E-state index in [0.717, 1.165) is 0 Å². The van der Waals surface area contributed by atoms with Crippen LogP contribution in [-0.2, 0) is 0 Å². The fourth-order valence-corrected chi connectivity index (χ4v) is 2.86. The van der Waals surface area contributed by atoms with Crippen LogP contribution in [0, 0.1) is 0 Å². The van der Waals surface area contributed by atoms with Crippen LogP contribution in [0.25, 0.3) is 0 Å². The Morgan fingerprint density at radius 2 is 1.31 bits per heavy atom. The zero-order chi connectivity index (χ0) is 10.4. The molecule has 0 aromatic heterocycles. The van der Waals surface area contributed by atoms with E-state index >= 15 is 0 Å². The monoisotopic (exact) mass is 205 g/mol. The normalized spacial score (nSPS) is 20.8. The molecule has 0 aromatic rings. The molecule has 4 atom stereocenters. The van der Waals surface area contributed by atoms with Crippen molar-refractivity contribution in [1.82, 2.24) is 0 Å². The highest BCUT2D eigenvalue weighted by molar-refractivity contribution is 6.38. The second kappa shape index (κ2) is 6.50. The Morgan fingerprint density at radius 1 is 1.00 bits per heavy atom. The van der Waals surface area contributed by atoms with Crippen molar-refractivity contribution in [3.63, 3.8) is 0 Å². The van der Waals surface area contributed by atoms with Crippen LogP contribution in [0.2, 0.25) is 0 Å². The number of rotatable bonds is 6. The molecule has 13 heavy (non-hydrogen) atoms. The van der Waals surface area contributed by atoms with E-state index in [-0.39, 0.29) is 21.6 Å². The van der Waals surface area contributed by atoms with Gasteiger partial charge < -0.3 is 21.7 Å². The lowest BCUT2D eigenvalue weighted by atomic mass is 10.3. The van der Waals surface area contributed by atoms with Crippen LogP contribution >= 0.6 is 0 Å². The summed E-state index contributed by atoms with van der Waals surface area (Å²) in [5.41, 5.74) is 10.2. The molecular weight excluding hydrogens is 184 g/mol. The van der Waals surface area contributed by atoms with Gasteiger partial charge in [0.15, 0.2) is 0 Å². The van der Waals surface area contributed by atoms with Crippen molar-refractivity contribution in [2.45, 2.75) is 50.2 Å². The van der Waals surface area contributed by atoms with Crippen LogP contribution < -0.4 is 11.5 Å². The first-order valence-electron chi connectivity index (χ1n) is 4.64. The third-order valence-electron chi connectivity index (χ3n) is 1.67. The molecule has 0 saturated carbocycles. The van der Waals surface area contributed by atoms with Gasteiger partial charge in [0.25, 0.3) is 0 Å². The molecule has 0 heterocycles. The molecule has 0 amide bonds. The topological polar surface area (TPSA) is 92.5 Å². The number of aliphatic hydroxyl groups excluding tert-OH is 2. The highest BCUT2D eigenvalue weighted by atomic mass is 28.2. The number of hydrogen-bond acceptors (Lipinski definition) is 4. The molecule has 0 aliphatic carbocycles. The number of aliphatic hydroxyl groups is 2. The average molecular weight is 205 g/mol. The van der Waals surface area contributed by atoms with E-state index in [2.05, 4.69) is 0 Å². The average Bonchev–Trinajstić information content (AvgIpc) is 1.80. The molecular formula is C8H21N2O2Si. The minimum absolute atomic E-state index is 0.00926. The molecule has 0 aliphatic rings. The van der Waals surface area contributed by atoms with E-state index in [1.165, 1.54) is 0 Å². The Morgan fingerprint density at radius 3 is 1.54 bits per heavy atom. The van der Waals surface area contributed by atoms with Crippen LogP contribution in [0.3, 0.4) is 0 Å². The van der Waals surface area contributed by atoms with Gasteiger partial charge in [-0.3, -0.25) is 0 Å². The number of nitrogens with two attached hydrogens (primary N) is 2.